The SMILES string of the molecule is CCc1nn(C(C)c2ccccc2)c2c1C(CCN)CCC2. The highest BCUT2D eigenvalue weighted by Crippen LogP contribution is 2.38. The van der Waals surface area contributed by atoms with E-state index in [1.54, 1.807) is 0 Å². The summed E-state index contributed by atoms with van der Waals surface area (Å²) in [7, 11) is 0. The molecule has 1 aromatic carbocycles. The Hall–Kier alpha value is -1.61. The summed E-state index contributed by atoms with van der Waals surface area (Å²) in [5.41, 5.74) is 11.4. The summed E-state index contributed by atoms with van der Waals surface area (Å²) in [6.07, 6.45) is 5.78. The van der Waals surface area contributed by atoms with Crippen molar-refractivity contribution in [3.8, 4) is 0 Å². The molecule has 0 saturated carbocycles. The van der Waals surface area contributed by atoms with Crippen LogP contribution in [0, 0.1) is 0 Å². The Balaban J connectivity index is 2.03. The Labute approximate surface area is 133 Å². The molecule has 2 unspecified atom stereocenters. The predicted octanol–water partition coefficient (Wildman–Crippen LogP) is 3.82. The minimum Gasteiger partial charge on any atom is -0.330 e. The second kappa shape index (κ2) is 6.66. The van der Waals surface area contributed by atoms with Crippen molar-refractivity contribution < 1.29 is 0 Å². The number of nitrogens with two attached hydrogens (primary N) is 1. The first-order chi connectivity index (χ1) is 10.8. The summed E-state index contributed by atoms with van der Waals surface area (Å²) in [5, 5.41) is 4.99. The fourth-order valence-electron chi connectivity index (χ4n) is 3.86. The summed E-state index contributed by atoms with van der Waals surface area (Å²) in [5.74, 6) is 0.612. The van der Waals surface area contributed by atoms with E-state index in [1.807, 2.05) is 0 Å². The van der Waals surface area contributed by atoms with E-state index in [1.165, 1.54) is 35.4 Å². The number of benzene rings is 1. The maximum atomic E-state index is 5.84. The maximum absolute atomic E-state index is 5.84. The lowest BCUT2D eigenvalue weighted by Gasteiger charge is -2.25. The van der Waals surface area contributed by atoms with E-state index in [0.717, 1.165) is 25.8 Å². The van der Waals surface area contributed by atoms with Gasteiger partial charge in [0, 0.05) is 5.69 Å². The van der Waals surface area contributed by atoms with Gasteiger partial charge in [-0.05, 0) is 62.6 Å². The predicted molar refractivity (Wildman–Crippen MR) is 91.2 cm³/mol. The van der Waals surface area contributed by atoms with Gasteiger partial charge in [0.15, 0.2) is 0 Å². The van der Waals surface area contributed by atoms with Gasteiger partial charge >= 0.3 is 0 Å². The lowest BCUT2D eigenvalue weighted by atomic mass is 9.82. The van der Waals surface area contributed by atoms with Crippen molar-refractivity contribution in [3.63, 3.8) is 0 Å². The van der Waals surface area contributed by atoms with Crippen LogP contribution in [-0.2, 0) is 12.8 Å². The molecular weight excluding hydrogens is 270 g/mol. The van der Waals surface area contributed by atoms with Crippen LogP contribution in [0.4, 0.5) is 0 Å². The average Bonchev–Trinajstić information content (AvgIpc) is 2.95. The molecule has 118 valence electrons. The van der Waals surface area contributed by atoms with E-state index >= 15 is 0 Å². The van der Waals surface area contributed by atoms with Crippen LogP contribution in [0.3, 0.4) is 0 Å². The van der Waals surface area contributed by atoms with E-state index in [-0.39, 0.29) is 0 Å². The van der Waals surface area contributed by atoms with Crippen LogP contribution >= 0.6 is 0 Å². The molecular formula is C19H27N3. The zero-order valence-electron chi connectivity index (χ0n) is 13.8. The molecule has 0 saturated heterocycles. The van der Waals surface area contributed by atoms with Crippen LogP contribution in [-0.4, -0.2) is 16.3 Å². The van der Waals surface area contributed by atoms with Gasteiger partial charge in [0.1, 0.15) is 0 Å². The van der Waals surface area contributed by atoms with Crippen LogP contribution in [0.5, 0.6) is 0 Å². The zero-order valence-corrected chi connectivity index (χ0v) is 13.8. The first-order valence-electron chi connectivity index (χ1n) is 8.61. The second-order valence-electron chi connectivity index (χ2n) is 6.36. The summed E-state index contributed by atoms with van der Waals surface area (Å²) in [6.45, 7) is 5.25. The van der Waals surface area contributed by atoms with Gasteiger partial charge in [-0.2, -0.15) is 5.10 Å². The number of hydrogen-bond donors (Lipinski definition) is 1. The molecule has 0 spiro atoms. The maximum Gasteiger partial charge on any atom is 0.0743 e. The highest BCUT2D eigenvalue weighted by molar-refractivity contribution is 5.34. The lowest BCUT2D eigenvalue weighted by molar-refractivity contribution is 0.482. The molecule has 1 aliphatic carbocycles. The third-order valence-electron chi connectivity index (χ3n) is 5.00. The molecule has 2 atom stereocenters. The number of rotatable bonds is 5. The van der Waals surface area contributed by atoms with E-state index in [2.05, 4.69) is 48.9 Å². The van der Waals surface area contributed by atoms with Crippen molar-refractivity contribution in [1.82, 2.24) is 9.78 Å². The van der Waals surface area contributed by atoms with Crippen molar-refractivity contribution in [2.75, 3.05) is 6.54 Å². The molecule has 3 heteroatoms. The zero-order chi connectivity index (χ0) is 15.5. The van der Waals surface area contributed by atoms with Crippen molar-refractivity contribution in [3.05, 3.63) is 52.8 Å². The van der Waals surface area contributed by atoms with Crippen LogP contribution < -0.4 is 5.73 Å². The van der Waals surface area contributed by atoms with Crippen LogP contribution in [0.2, 0.25) is 0 Å². The quantitative estimate of drug-likeness (QED) is 0.911. The van der Waals surface area contributed by atoms with Crippen LogP contribution in [0.25, 0.3) is 0 Å². The average molecular weight is 297 g/mol. The standard InChI is InChI=1S/C19H27N3/c1-3-17-19-16(12-13-20)10-7-11-18(19)22(21-17)14(2)15-8-5-4-6-9-15/h4-6,8-9,14,16H,3,7,10-13,20H2,1-2H3. The molecule has 2 N–H and O–H groups in total. The molecule has 22 heavy (non-hydrogen) atoms. The fraction of sp³-hybridized carbons (Fsp3) is 0.526. The molecule has 1 aromatic heterocycles. The van der Waals surface area contributed by atoms with Gasteiger partial charge in [-0.1, -0.05) is 37.3 Å². The van der Waals surface area contributed by atoms with Gasteiger partial charge in [-0.25, -0.2) is 0 Å². The van der Waals surface area contributed by atoms with Crippen molar-refractivity contribution in [2.24, 2.45) is 5.73 Å². The van der Waals surface area contributed by atoms with Gasteiger partial charge in [-0.15, -0.1) is 0 Å². The number of fused-ring (bicyclic) bond motifs is 1. The normalized spacial score (nSPS) is 19.0. The van der Waals surface area contributed by atoms with Crippen molar-refractivity contribution in [2.45, 2.75) is 57.9 Å². The third-order valence-corrected chi connectivity index (χ3v) is 5.00. The lowest BCUT2D eigenvalue weighted by Crippen LogP contribution is -2.18. The number of aromatic nitrogens is 2. The number of aryl methyl sites for hydroxylation is 1. The Morgan fingerprint density at radius 1 is 1.32 bits per heavy atom. The monoisotopic (exact) mass is 297 g/mol. The summed E-state index contributed by atoms with van der Waals surface area (Å²) < 4.78 is 2.28. The van der Waals surface area contributed by atoms with Gasteiger partial charge in [0.05, 0.1) is 11.7 Å². The highest BCUT2D eigenvalue weighted by atomic mass is 15.3. The Morgan fingerprint density at radius 2 is 2.09 bits per heavy atom. The van der Waals surface area contributed by atoms with Gasteiger partial charge in [0.2, 0.25) is 0 Å². The van der Waals surface area contributed by atoms with E-state index in [4.69, 9.17) is 10.8 Å². The number of hydrogen-bond acceptors (Lipinski definition) is 2. The minimum absolute atomic E-state index is 0.298. The molecule has 0 aliphatic heterocycles. The van der Waals surface area contributed by atoms with Gasteiger partial charge < -0.3 is 5.73 Å². The first kappa shape index (κ1) is 15.3. The smallest absolute Gasteiger partial charge is 0.0743 e. The summed E-state index contributed by atoms with van der Waals surface area (Å²) in [6, 6.07) is 11.0. The highest BCUT2D eigenvalue weighted by Gasteiger charge is 2.28. The molecule has 0 fully saturated rings. The minimum atomic E-state index is 0.298. The topological polar surface area (TPSA) is 43.8 Å². The Morgan fingerprint density at radius 3 is 2.77 bits per heavy atom. The van der Waals surface area contributed by atoms with Gasteiger partial charge in [-0.3, -0.25) is 4.68 Å². The fourth-order valence-corrected chi connectivity index (χ4v) is 3.86. The van der Waals surface area contributed by atoms with Gasteiger partial charge in [0.25, 0.3) is 0 Å². The molecule has 0 amide bonds. The van der Waals surface area contributed by atoms with Crippen LogP contribution in [0.15, 0.2) is 30.3 Å². The van der Waals surface area contributed by atoms with E-state index in [9.17, 15) is 0 Å². The third kappa shape index (κ3) is 2.70. The molecule has 1 heterocycles. The molecule has 0 radical (unpaired) electrons. The summed E-state index contributed by atoms with van der Waals surface area (Å²) >= 11 is 0. The largest absolute Gasteiger partial charge is 0.330 e. The Bertz CT molecular complexity index is 615. The molecule has 0 bridgehead atoms. The van der Waals surface area contributed by atoms with Crippen molar-refractivity contribution >= 4 is 0 Å². The summed E-state index contributed by atoms with van der Waals surface area (Å²) in [4.78, 5) is 0. The molecule has 2 aromatic rings. The van der Waals surface area contributed by atoms with E-state index in [0.29, 0.717) is 12.0 Å². The second-order valence-corrected chi connectivity index (χ2v) is 6.36. The molecule has 1 aliphatic rings. The molecule has 3 rings (SSSR count). The van der Waals surface area contributed by atoms with Crippen LogP contribution in [0.1, 0.15) is 67.6 Å². The first-order valence-corrected chi connectivity index (χ1v) is 8.61. The van der Waals surface area contributed by atoms with E-state index < -0.39 is 0 Å². The number of nitrogens with zero attached hydrogens (tertiary/aromatic N) is 2. The van der Waals surface area contributed by atoms with Crippen molar-refractivity contribution in [1.29, 1.82) is 0 Å². The Kier molecular flexibility index (Phi) is 4.63. The molecule has 3 nitrogen and oxygen atoms in total.